The molecule has 1 atom stereocenters. The van der Waals surface area contributed by atoms with Crippen LogP contribution in [-0.2, 0) is 19.1 Å². The molecule has 0 radical (unpaired) electrons. The number of methoxy groups -OCH3 is 1. The zero-order chi connectivity index (χ0) is 14.3. The van der Waals surface area contributed by atoms with E-state index in [-0.39, 0.29) is 18.3 Å². The van der Waals surface area contributed by atoms with Crippen LogP contribution in [0.4, 0.5) is 0 Å². The molecule has 0 aromatic heterocycles. The highest BCUT2D eigenvalue weighted by Crippen LogP contribution is 2.21. The standard InChI is InChI=1S/C13H24N2O4/c1-4-13(5-2,8-11(16)18-3)15-12(17)10-9-14-6-7-19-10/h10,14H,4-9H2,1-3H3,(H,15,17). The van der Waals surface area contributed by atoms with Gasteiger partial charge in [0.25, 0.3) is 5.91 Å². The normalized spacial score (nSPS) is 19.8. The molecular formula is C13H24N2O4. The maximum Gasteiger partial charge on any atom is 0.307 e. The number of ether oxygens (including phenoxy) is 2. The highest BCUT2D eigenvalue weighted by atomic mass is 16.5. The Morgan fingerprint density at radius 1 is 1.42 bits per heavy atom. The average Bonchev–Trinajstić information content (AvgIpc) is 2.47. The van der Waals surface area contributed by atoms with Crippen LogP contribution in [-0.4, -0.2) is 50.3 Å². The molecule has 0 aromatic rings. The third-order valence-corrected chi connectivity index (χ3v) is 3.67. The van der Waals surface area contributed by atoms with Crippen molar-refractivity contribution in [3.05, 3.63) is 0 Å². The van der Waals surface area contributed by atoms with Crippen molar-refractivity contribution in [2.24, 2.45) is 0 Å². The van der Waals surface area contributed by atoms with Gasteiger partial charge in [-0.3, -0.25) is 9.59 Å². The topological polar surface area (TPSA) is 76.7 Å². The summed E-state index contributed by atoms with van der Waals surface area (Å²) in [6.07, 6.45) is 1.04. The van der Waals surface area contributed by atoms with Gasteiger partial charge in [-0.25, -0.2) is 0 Å². The molecular weight excluding hydrogens is 248 g/mol. The van der Waals surface area contributed by atoms with Gasteiger partial charge in [0.2, 0.25) is 0 Å². The summed E-state index contributed by atoms with van der Waals surface area (Å²) in [5, 5.41) is 6.07. The maximum absolute atomic E-state index is 12.2. The van der Waals surface area contributed by atoms with Crippen molar-refractivity contribution in [2.45, 2.75) is 44.8 Å². The fourth-order valence-corrected chi connectivity index (χ4v) is 2.15. The maximum atomic E-state index is 12.2. The molecule has 1 saturated heterocycles. The van der Waals surface area contributed by atoms with Crippen molar-refractivity contribution < 1.29 is 19.1 Å². The first-order valence-corrected chi connectivity index (χ1v) is 6.78. The SMILES string of the molecule is CCC(CC)(CC(=O)OC)NC(=O)C1CNCCO1. The highest BCUT2D eigenvalue weighted by molar-refractivity contribution is 5.83. The average molecular weight is 272 g/mol. The lowest BCUT2D eigenvalue weighted by Crippen LogP contribution is -2.56. The first-order chi connectivity index (χ1) is 9.06. The van der Waals surface area contributed by atoms with E-state index in [4.69, 9.17) is 9.47 Å². The predicted octanol–water partition coefficient (Wildman–Crippen LogP) is 0.213. The van der Waals surface area contributed by atoms with Gasteiger partial charge in [-0.15, -0.1) is 0 Å². The zero-order valence-corrected chi connectivity index (χ0v) is 12.0. The van der Waals surface area contributed by atoms with Gasteiger partial charge < -0.3 is 20.1 Å². The molecule has 0 saturated carbocycles. The Balaban J connectivity index is 2.65. The molecule has 6 heteroatoms. The van der Waals surface area contributed by atoms with E-state index in [0.717, 1.165) is 6.54 Å². The zero-order valence-electron chi connectivity index (χ0n) is 12.0. The number of hydrogen-bond acceptors (Lipinski definition) is 5. The molecule has 0 aliphatic carbocycles. The summed E-state index contributed by atoms with van der Waals surface area (Å²) in [6, 6.07) is 0. The van der Waals surface area contributed by atoms with Crippen LogP contribution in [0.3, 0.4) is 0 Å². The summed E-state index contributed by atoms with van der Waals surface area (Å²) >= 11 is 0. The Morgan fingerprint density at radius 2 is 2.11 bits per heavy atom. The highest BCUT2D eigenvalue weighted by Gasteiger charge is 2.34. The van der Waals surface area contributed by atoms with Crippen LogP contribution < -0.4 is 10.6 Å². The van der Waals surface area contributed by atoms with Gasteiger partial charge in [0.05, 0.1) is 25.7 Å². The fraction of sp³-hybridized carbons (Fsp3) is 0.846. The third kappa shape index (κ3) is 4.47. The molecule has 1 fully saturated rings. The molecule has 0 aromatic carbocycles. The quantitative estimate of drug-likeness (QED) is 0.676. The third-order valence-electron chi connectivity index (χ3n) is 3.67. The van der Waals surface area contributed by atoms with Gasteiger partial charge in [-0.05, 0) is 12.8 Å². The van der Waals surface area contributed by atoms with Gasteiger partial charge in [0.15, 0.2) is 0 Å². The summed E-state index contributed by atoms with van der Waals surface area (Å²) in [5.74, 6) is -0.480. The second kappa shape index (κ2) is 7.45. The van der Waals surface area contributed by atoms with Gasteiger partial charge in [-0.1, -0.05) is 13.8 Å². The van der Waals surface area contributed by atoms with E-state index in [1.54, 1.807) is 0 Å². The van der Waals surface area contributed by atoms with Gasteiger partial charge in [-0.2, -0.15) is 0 Å². The Kier molecular flexibility index (Phi) is 6.24. The van der Waals surface area contributed by atoms with E-state index in [0.29, 0.717) is 26.0 Å². The minimum absolute atomic E-state index is 0.167. The Labute approximate surface area is 114 Å². The van der Waals surface area contributed by atoms with Crippen molar-refractivity contribution >= 4 is 11.9 Å². The van der Waals surface area contributed by atoms with Gasteiger partial charge in [0.1, 0.15) is 6.10 Å². The van der Waals surface area contributed by atoms with Crippen LogP contribution in [0.1, 0.15) is 33.1 Å². The molecule has 1 aliphatic heterocycles. The fourth-order valence-electron chi connectivity index (χ4n) is 2.15. The molecule has 1 heterocycles. The molecule has 110 valence electrons. The Morgan fingerprint density at radius 3 is 2.58 bits per heavy atom. The molecule has 1 rings (SSSR count). The largest absolute Gasteiger partial charge is 0.469 e. The predicted molar refractivity (Wildman–Crippen MR) is 70.7 cm³/mol. The molecule has 2 N–H and O–H groups in total. The van der Waals surface area contributed by atoms with Crippen molar-refractivity contribution in [1.29, 1.82) is 0 Å². The summed E-state index contributed by atoms with van der Waals surface area (Å²) < 4.78 is 10.1. The van der Waals surface area contributed by atoms with E-state index >= 15 is 0 Å². The van der Waals surface area contributed by atoms with Crippen molar-refractivity contribution in [3.63, 3.8) is 0 Å². The lowest BCUT2D eigenvalue weighted by molar-refractivity contribution is -0.144. The lowest BCUT2D eigenvalue weighted by atomic mass is 9.88. The summed E-state index contributed by atoms with van der Waals surface area (Å²) in [6.45, 7) is 5.70. The van der Waals surface area contributed by atoms with Crippen LogP contribution in [0.15, 0.2) is 0 Å². The summed E-state index contributed by atoms with van der Waals surface area (Å²) in [5.41, 5.74) is -0.551. The first-order valence-electron chi connectivity index (χ1n) is 6.78. The Hall–Kier alpha value is -1.14. The number of amides is 1. The molecule has 0 bridgehead atoms. The summed E-state index contributed by atoms with van der Waals surface area (Å²) in [7, 11) is 1.36. The minimum atomic E-state index is -0.551. The smallest absolute Gasteiger partial charge is 0.307 e. The lowest BCUT2D eigenvalue weighted by Gasteiger charge is -2.34. The number of carbonyl (C=O) groups excluding carboxylic acids is 2. The van der Waals surface area contributed by atoms with Crippen molar-refractivity contribution in [1.82, 2.24) is 10.6 Å². The van der Waals surface area contributed by atoms with Crippen LogP contribution in [0.25, 0.3) is 0 Å². The van der Waals surface area contributed by atoms with E-state index < -0.39 is 11.6 Å². The number of morpholine rings is 1. The van der Waals surface area contributed by atoms with Gasteiger partial charge >= 0.3 is 5.97 Å². The van der Waals surface area contributed by atoms with Crippen LogP contribution in [0, 0.1) is 0 Å². The second-order valence-corrected chi connectivity index (χ2v) is 4.79. The molecule has 1 aliphatic rings. The van der Waals surface area contributed by atoms with Crippen molar-refractivity contribution in [3.8, 4) is 0 Å². The molecule has 1 unspecified atom stereocenters. The van der Waals surface area contributed by atoms with Crippen LogP contribution >= 0.6 is 0 Å². The minimum Gasteiger partial charge on any atom is -0.469 e. The monoisotopic (exact) mass is 272 g/mol. The molecule has 1 amide bonds. The number of esters is 1. The Bertz CT molecular complexity index is 310. The van der Waals surface area contributed by atoms with E-state index in [9.17, 15) is 9.59 Å². The molecule has 19 heavy (non-hydrogen) atoms. The second-order valence-electron chi connectivity index (χ2n) is 4.79. The van der Waals surface area contributed by atoms with E-state index in [2.05, 4.69) is 10.6 Å². The van der Waals surface area contributed by atoms with Gasteiger partial charge in [0, 0.05) is 13.1 Å². The number of carbonyl (C=O) groups is 2. The van der Waals surface area contributed by atoms with E-state index in [1.807, 2.05) is 13.8 Å². The number of rotatable bonds is 6. The van der Waals surface area contributed by atoms with Crippen LogP contribution in [0.2, 0.25) is 0 Å². The number of hydrogen-bond donors (Lipinski definition) is 2. The first kappa shape index (κ1) is 15.9. The molecule has 0 spiro atoms. The summed E-state index contributed by atoms with van der Waals surface area (Å²) in [4.78, 5) is 23.7. The number of nitrogens with one attached hydrogen (secondary N) is 2. The molecule has 6 nitrogen and oxygen atoms in total. The van der Waals surface area contributed by atoms with E-state index in [1.165, 1.54) is 7.11 Å². The van der Waals surface area contributed by atoms with Crippen LogP contribution in [0.5, 0.6) is 0 Å². The van der Waals surface area contributed by atoms with Crippen molar-refractivity contribution in [2.75, 3.05) is 26.8 Å².